The van der Waals surface area contributed by atoms with Crippen LogP contribution in [0.4, 0.5) is 0 Å². The zero-order chi connectivity index (χ0) is 14.0. The van der Waals surface area contributed by atoms with Gasteiger partial charge in [0.1, 0.15) is 0 Å². The fourth-order valence-electron chi connectivity index (χ4n) is 2.62. The molecule has 0 aliphatic carbocycles. The number of likely N-dealkylation sites (tertiary alicyclic amines) is 1. The predicted molar refractivity (Wildman–Crippen MR) is 78.5 cm³/mol. The Morgan fingerprint density at radius 1 is 1.42 bits per heavy atom. The van der Waals surface area contributed by atoms with E-state index in [-0.39, 0.29) is 11.9 Å². The molecule has 0 spiro atoms. The van der Waals surface area contributed by atoms with E-state index in [9.17, 15) is 4.79 Å². The molecule has 19 heavy (non-hydrogen) atoms. The van der Waals surface area contributed by atoms with Crippen LogP contribution in [0.25, 0.3) is 0 Å². The Morgan fingerprint density at radius 2 is 2.05 bits per heavy atom. The molecular weight excluding hydrogens is 260 g/mol. The highest BCUT2D eigenvalue weighted by molar-refractivity contribution is 6.31. The monoisotopic (exact) mass is 280 g/mol. The number of carbonyl (C=O) groups excluding carboxylic acids is 1. The molecule has 104 valence electrons. The fraction of sp³-hybridized carbons (Fsp3) is 0.533. The summed E-state index contributed by atoms with van der Waals surface area (Å²) in [6.45, 7) is 5.57. The van der Waals surface area contributed by atoms with Gasteiger partial charge in [0.2, 0.25) is 0 Å². The molecule has 1 fully saturated rings. The Bertz CT molecular complexity index is 465. The summed E-state index contributed by atoms with van der Waals surface area (Å²) in [4.78, 5) is 14.4. The number of benzene rings is 1. The quantitative estimate of drug-likeness (QED) is 0.905. The van der Waals surface area contributed by atoms with E-state index in [2.05, 4.69) is 0 Å². The number of nitrogens with zero attached hydrogens (tertiary/aromatic N) is 1. The number of rotatable bonds is 2. The smallest absolute Gasteiger partial charge is 0.254 e. The molecule has 2 rings (SSSR count). The van der Waals surface area contributed by atoms with Crippen LogP contribution in [0.3, 0.4) is 0 Å². The summed E-state index contributed by atoms with van der Waals surface area (Å²) < 4.78 is 0. The molecule has 1 amide bonds. The van der Waals surface area contributed by atoms with E-state index < -0.39 is 0 Å². The largest absolute Gasteiger partial charge is 0.339 e. The minimum absolute atomic E-state index is 0.0862. The highest BCUT2D eigenvalue weighted by Crippen LogP contribution is 2.23. The Hall–Kier alpha value is -1.06. The number of halogens is 1. The van der Waals surface area contributed by atoms with Crippen LogP contribution in [0, 0.1) is 12.8 Å². The highest BCUT2D eigenvalue weighted by atomic mass is 35.5. The lowest BCUT2D eigenvalue weighted by Crippen LogP contribution is -2.42. The van der Waals surface area contributed by atoms with Crippen molar-refractivity contribution in [3.05, 3.63) is 34.3 Å². The second-order valence-corrected chi connectivity index (χ2v) is 5.88. The summed E-state index contributed by atoms with van der Waals surface area (Å²) in [6.07, 6.45) is 1.98. The summed E-state index contributed by atoms with van der Waals surface area (Å²) in [5.74, 6) is 0.618. The normalized spacial score (nSPS) is 18.4. The van der Waals surface area contributed by atoms with Gasteiger partial charge in [0, 0.05) is 29.7 Å². The van der Waals surface area contributed by atoms with E-state index in [0.29, 0.717) is 16.5 Å². The number of nitrogens with two attached hydrogens (primary N) is 1. The maximum absolute atomic E-state index is 12.5. The van der Waals surface area contributed by atoms with Crippen molar-refractivity contribution in [1.29, 1.82) is 0 Å². The summed E-state index contributed by atoms with van der Waals surface area (Å²) in [5.41, 5.74) is 7.61. The Labute approximate surface area is 119 Å². The van der Waals surface area contributed by atoms with Gasteiger partial charge in [-0.2, -0.15) is 0 Å². The van der Waals surface area contributed by atoms with Crippen LogP contribution in [0.2, 0.25) is 5.02 Å². The van der Waals surface area contributed by atoms with Crippen LogP contribution in [-0.4, -0.2) is 29.9 Å². The SMILES string of the molecule is Cc1ccc(Cl)cc1C(=O)N1CCC(C(C)N)CC1. The van der Waals surface area contributed by atoms with E-state index in [0.717, 1.165) is 31.5 Å². The van der Waals surface area contributed by atoms with Crippen molar-refractivity contribution in [2.75, 3.05) is 13.1 Å². The maximum Gasteiger partial charge on any atom is 0.254 e. The molecule has 2 N–H and O–H groups in total. The van der Waals surface area contributed by atoms with E-state index in [4.69, 9.17) is 17.3 Å². The number of carbonyl (C=O) groups is 1. The summed E-state index contributed by atoms with van der Waals surface area (Å²) >= 11 is 5.98. The third kappa shape index (κ3) is 3.28. The van der Waals surface area contributed by atoms with Crippen LogP contribution >= 0.6 is 11.6 Å². The zero-order valence-corrected chi connectivity index (χ0v) is 12.3. The number of amides is 1. The van der Waals surface area contributed by atoms with E-state index >= 15 is 0 Å². The van der Waals surface area contributed by atoms with Gasteiger partial charge in [0.05, 0.1) is 0 Å². The average molecular weight is 281 g/mol. The van der Waals surface area contributed by atoms with Crippen molar-refractivity contribution in [1.82, 2.24) is 4.90 Å². The lowest BCUT2D eigenvalue weighted by atomic mass is 9.90. The Kier molecular flexibility index (Phi) is 4.48. The Balaban J connectivity index is 2.07. The Morgan fingerprint density at radius 3 is 2.63 bits per heavy atom. The van der Waals surface area contributed by atoms with Crippen LogP contribution in [0.15, 0.2) is 18.2 Å². The highest BCUT2D eigenvalue weighted by Gasteiger charge is 2.26. The van der Waals surface area contributed by atoms with Gasteiger partial charge in [-0.25, -0.2) is 0 Å². The minimum Gasteiger partial charge on any atom is -0.339 e. The second kappa shape index (κ2) is 5.93. The second-order valence-electron chi connectivity index (χ2n) is 5.45. The molecule has 0 aromatic heterocycles. The van der Waals surface area contributed by atoms with Crippen LogP contribution in [-0.2, 0) is 0 Å². The summed E-state index contributed by atoms with van der Waals surface area (Å²) in [6, 6.07) is 5.68. The third-order valence-electron chi connectivity index (χ3n) is 4.00. The molecule has 4 heteroatoms. The molecule has 0 saturated carbocycles. The first-order valence-electron chi connectivity index (χ1n) is 6.80. The first kappa shape index (κ1) is 14.4. The molecular formula is C15H21ClN2O. The van der Waals surface area contributed by atoms with Gasteiger partial charge in [0.25, 0.3) is 5.91 Å². The van der Waals surface area contributed by atoms with Crippen molar-refractivity contribution >= 4 is 17.5 Å². The van der Waals surface area contributed by atoms with E-state index in [1.54, 1.807) is 6.07 Å². The van der Waals surface area contributed by atoms with Crippen molar-refractivity contribution < 1.29 is 4.79 Å². The standard InChI is InChI=1S/C15H21ClN2O/c1-10-3-4-13(16)9-14(10)15(19)18-7-5-12(6-8-18)11(2)17/h3-4,9,11-12H,5-8,17H2,1-2H3. The molecule has 1 heterocycles. The topological polar surface area (TPSA) is 46.3 Å². The minimum atomic E-state index is 0.0862. The molecule has 3 nitrogen and oxygen atoms in total. The molecule has 0 bridgehead atoms. The van der Waals surface area contributed by atoms with Crippen molar-refractivity contribution in [2.24, 2.45) is 11.7 Å². The predicted octanol–water partition coefficient (Wildman–Crippen LogP) is 2.85. The zero-order valence-electron chi connectivity index (χ0n) is 11.5. The summed E-state index contributed by atoms with van der Waals surface area (Å²) in [7, 11) is 0. The number of hydrogen-bond acceptors (Lipinski definition) is 2. The molecule has 1 aliphatic heterocycles. The molecule has 0 radical (unpaired) electrons. The first-order chi connectivity index (χ1) is 8.99. The average Bonchev–Trinajstić information content (AvgIpc) is 2.41. The lowest BCUT2D eigenvalue weighted by molar-refractivity contribution is 0.0680. The summed E-state index contributed by atoms with van der Waals surface area (Å²) in [5, 5.41) is 0.611. The fourth-order valence-corrected chi connectivity index (χ4v) is 2.80. The van der Waals surface area contributed by atoms with Gasteiger partial charge in [-0.15, -0.1) is 0 Å². The first-order valence-corrected chi connectivity index (χ1v) is 7.18. The molecule has 1 saturated heterocycles. The van der Waals surface area contributed by atoms with Gasteiger partial charge in [-0.05, 0) is 50.3 Å². The van der Waals surface area contributed by atoms with E-state index in [1.165, 1.54) is 0 Å². The van der Waals surface area contributed by atoms with Gasteiger partial charge in [-0.3, -0.25) is 4.79 Å². The molecule has 1 aromatic carbocycles. The van der Waals surface area contributed by atoms with Gasteiger partial charge < -0.3 is 10.6 Å². The molecule has 1 aliphatic rings. The van der Waals surface area contributed by atoms with Gasteiger partial charge in [0.15, 0.2) is 0 Å². The third-order valence-corrected chi connectivity index (χ3v) is 4.24. The number of piperidine rings is 1. The van der Waals surface area contributed by atoms with Gasteiger partial charge >= 0.3 is 0 Å². The van der Waals surface area contributed by atoms with Crippen LogP contribution in [0.1, 0.15) is 35.7 Å². The maximum atomic E-state index is 12.5. The van der Waals surface area contributed by atoms with E-state index in [1.807, 2.05) is 30.9 Å². The molecule has 1 unspecified atom stereocenters. The number of hydrogen-bond donors (Lipinski definition) is 1. The molecule has 1 atom stereocenters. The number of aryl methyl sites for hydroxylation is 1. The van der Waals surface area contributed by atoms with Crippen molar-refractivity contribution in [3.63, 3.8) is 0 Å². The van der Waals surface area contributed by atoms with Crippen LogP contribution in [0.5, 0.6) is 0 Å². The van der Waals surface area contributed by atoms with Gasteiger partial charge in [-0.1, -0.05) is 17.7 Å². The van der Waals surface area contributed by atoms with Crippen molar-refractivity contribution in [2.45, 2.75) is 32.7 Å². The molecule has 1 aromatic rings. The lowest BCUT2D eigenvalue weighted by Gasteiger charge is -2.34. The van der Waals surface area contributed by atoms with Crippen molar-refractivity contribution in [3.8, 4) is 0 Å². The van der Waals surface area contributed by atoms with Crippen LogP contribution < -0.4 is 5.73 Å².